The molecule has 0 aliphatic carbocycles. The molecular formula is C24H25N3O3. The van der Waals surface area contributed by atoms with Gasteiger partial charge in [0.1, 0.15) is 5.56 Å². The maximum atomic E-state index is 12.8. The van der Waals surface area contributed by atoms with Gasteiger partial charge in [0.2, 0.25) is 0 Å². The first-order valence-electron chi connectivity index (χ1n) is 10.1. The summed E-state index contributed by atoms with van der Waals surface area (Å²) in [5, 5.41) is 4.49. The highest BCUT2D eigenvalue weighted by atomic mass is 16.5. The molecule has 0 spiro atoms. The zero-order chi connectivity index (χ0) is 21.3. The second-order valence-corrected chi connectivity index (χ2v) is 7.71. The monoisotopic (exact) mass is 403 g/mol. The predicted octanol–water partition coefficient (Wildman–Crippen LogP) is 3.68. The normalized spacial score (nSPS) is 15.2. The van der Waals surface area contributed by atoms with Crippen molar-refractivity contribution in [3.05, 3.63) is 82.7 Å². The number of benzene rings is 2. The van der Waals surface area contributed by atoms with Crippen LogP contribution in [0.3, 0.4) is 0 Å². The number of aryl methyl sites for hydroxylation is 1. The summed E-state index contributed by atoms with van der Waals surface area (Å²) in [7, 11) is 0. The molecule has 6 heteroatoms. The Morgan fingerprint density at radius 3 is 2.53 bits per heavy atom. The number of fused-ring (bicyclic) bond motifs is 1. The van der Waals surface area contributed by atoms with E-state index in [0.29, 0.717) is 17.8 Å². The van der Waals surface area contributed by atoms with Crippen LogP contribution in [0.25, 0.3) is 0 Å². The number of esters is 1. The van der Waals surface area contributed by atoms with Crippen LogP contribution in [0.4, 0.5) is 5.69 Å². The largest absolute Gasteiger partial charge is 0.452 e. The highest BCUT2D eigenvalue weighted by Gasteiger charge is 2.31. The molecule has 2 heterocycles. The van der Waals surface area contributed by atoms with Crippen molar-refractivity contribution in [1.29, 1.82) is 0 Å². The Hall–Kier alpha value is -3.41. The molecule has 30 heavy (non-hydrogen) atoms. The van der Waals surface area contributed by atoms with Gasteiger partial charge in [-0.05, 0) is 44.4 Å². The number of anilines is 1. The van der Waals surface area contributed by atoms with E-state index in [1.807, 2.05) is 68.4 Å². The van der Waals surface area contributed by atoms with Gasteiger partial charge in [0.05, 0.1) is 17.9 Å². The molecule has 1 aromatic heterocycles. The summed E-state index contributed by atoms with van der Waals surface area (Å²) in [5.41, 5.74) is 4.88. The number of ether oxygens (including phenoxy) is 1. The highest BCUT2D eigenvalue weighted by Crippen LogP contribution is 2.31. The number of amides is 1. The molecule has 0 bridgehead atoms. The Morgan fingerprint density at radius 2 is 1.77 bits per heavy atom. The smallest absolute Gasteiger partial charge is 0.342 e. The number of hydrogen-bond acceptors (Lipinski definition) is 4. The van der Waals surface area contributed by atoms with Gasteiger partial charge in [0, 0.05) is 11.7 Å². The lowest BCUT2D eigenvalue weighted by molar-refractivity contribution is -0.122. The fourth-order valence-electron chi connectivity index (χ4n) is 4.12. The van der Waals surface area contributed by atoms with Gasteiger partial charge in [-0.15, -0.1) is 0 Å². The Balaban J connectivity index is 1.45. The topological polar surface area (TPSA) is 64.4 Å². The van der Waals surface area contributed by atoms with Crippen LogP contribution < -0.4 is 4.90 Å². The lowest BCUT2D eigenvalue weighted by atomic mass is 10.1. The first kappa shape index (κ1) is 19.9. The Morgan fingerprint density at radius 1 is 1.07 bits per heavy atom. The fourth-order valence-corrected chi connectivity index (χ4v) is 4.12. The number of hydrogen-bond donors (Lipinski definition) is 0. The second kappa shape index (κ2) is 8.14. The quantitative estimate of drug-likeness (QED) is 0.610. The van der Waals surface area contributed by atoms with Crippen LogP contribution in [0.1, 0.15) is 39.8 Å². The minimum atomic E-state index is -0.516. The van der Waals surface area contributed by atoms with Crippen molar-refractivity contribution in [3.63, 3.8) is 0 Å². The number of carbonyl (C=O) groups excluding carboxylic acids is 2. The summed E-state index contributed by atoms with van der Waals surface area (Å²) >= 11 is 0. The van der Waals surface area contributed by atoms with E-state index in [4.69, 9.17) is 4.74 Å². The summed E-state index contributed by atoms with van der Waals surface area (Å²) in [6.07, 6.45) is 0.806. The molecule has 1 atom stereocenters. The van der Waals surface area contributed by atoms with Crippen LogP contribution in [0.2, 0.25) is 0 Å². The molecule has 0 unspecified atom stereocenters. The van der Waals surface area contributed by atoms with Crippen LogP contribution in [-0.2, 0) is 22.5 Å². The fraction of sp³-hybridized carbons (Fsp3) is 0.292. The molecule has 2 aromatic carbocycles. The minimum absolute atomic E-state index is 0.0469. The summed E-state index contributed by atoms with van der Waals surface area (Å²) in [4.78, 5) is 27.3. The second-order valence-electron chi connectivity index (χ2n) is 7.71. The number of para-hydroxylation sites is 1. The summed E-state index contributed by atoms with van der Waals surface area (Å²) in [6.45, 7) is 5.91. The van der Waals surface area contributed by atoms with Crippen molar-refractivity contribution in [2.75, 3.05) is 11.5 Å². The van der Waals surface area contributed by atoms with Gasteiger partial charge >= 0.3 is 5.97 Å². The van der Waals surface area contributed by atoms with Crippen molar-refractivity contribution >= 4 is 17.6 Å². The Labute approximate surface area is 176 Å². The van der Waals surface area contributed by atoms with Gasteiger partial charge in [0.25, 0.3) is 5.91 Å². The molecule has 0 saturated heterocycles. The molecule has 4 rings (SSSR count). The van der Waals surface area contributed by atoms with Crippen molar-refractivity contribution in [3.8, 4) is 0 Å². The van der Waals surface area contributed by atoms with Crippen LogP contribution in [-0.4, -0.2) is 34.3 Å². The zero-order valence-electron chi connectivity index (χ0n) is 17.5. The molecule has 6 nitrogen and oxygen atoms in total. The van der Waals surface area contributed by atoms with E-state index < -0.39 is 5.97 Å². The summed E-state index contributed by atoms with van der Waals surface area (Å²) in [5.74, 6) is -0.731. The molecule has 1 aliphatic rings. The standard InChI is InChI=1S/C24H25N3O3/c1-16-13-20-11-7-8-12-21(20)27(16)22(28)15-30-24(29)23-17(2)25-26(18(23)3)14-19-9-5-4-6-10-19/h4-12,16H,13-15H2,1-3H3/t16-/m1/s1. The number of rotatable bonds is 5. The van der Waals surface area contributed by atoms with Gasteiger partial charge in [-0.2, -0.15) is 5.10 Å². The Kier molecular flexibility index (Phi) is 5.40. The predicted molar refractivity (Wildman–Crippen MR) is 115 cm³/mol. The van der Waals surface area contributed by atoms with E-state index in [1.54, 1.807) is 16.5 Å². The molecule has 1 aliphatic heterocycles. The van der Waals surface area contributed by atoms with Gasteiger partial charge < -0.3 is 9.64 Å². The zero-order valence-corrected chi connectivity index (χ0v) is 17.5. The maximum absolute atomic E-state index is 12.8. The van der Waals surface area contributed by atoms with E-state index >= 15 is 0 Å². The van der Waals surface area contributed by atoms with Crippen LogP contribution in [0.15, 0.2) is 54.6 Å². The Bertz CT molecular complexity index is 1090. The van der Waals surface area contributed by atoms with E-state index in [1.165, 1.54) is 0 Å². The first-order chi connectivity index (χ1) is 14.5. The first-order valence-corrected chi connectivity index (χ1v) is 10.1. The van der Waals surface area contributed by atoms with Gasteiger partial charge in [-0.25, -0.2) is 4.79 Å². The molecule has 3 aromatic rings. The lowest BCUT2D eigenvalue weighted by Crippen LogP contribution is -2.38. The number of nitrogens with zero attached hydrogens (tertiary/aromatic N) is 3. The molecule has 0 fully saturated rings. The highest BCUT2D eigenvalue weighted by molar-refractivity contribution is 5.99. The van der Waals surface area contributed by atoms with Crippen molar-refractivity contribution in [2.24, 2.45) is 0 Å². The molecule has 154 valence electrons. The average Bonchev–Trinajstić information content (AvgIpc) is 3.21. The SMILES string of the molecule is Cc1nn(Cc2ccccc2)c(C)c1C(=O)OCC(=O)N1c2ccccc2C[C@H]1C. The average molecular weight is 403 g/mol. The van der Waals surface area contributed by atoms with Crippen molar-refractivity contribution in [2.45, 2.75) is 39.8 Å². The third kappa shape index (κ3) is 3.73. The van der Waals surface area contributed by atoms with Gasteiger partial charge in [-0.1, -0.05) is 48.5 Å². The van der Waals surface area contributed by atoms with Crippen LogP contribution in [0, 0.1) is 13.8 Å². The van der Waals surface area contributed by atoms with E-state index in [0.717, 1.165) is 28.9 Å². The van der Waals surface area contributed by atoms with Crippen LogP contribution in [0.5, 0.6) is 0 Å². The molecule has 0 N–H and O–H groups in total. The van der Waals surface area contributed by atoms with Crippen molar-refractivity contribution < 1.29 is 14.3 Å². The molecule has 0 saturated carbocycles. The lowest BCUT2D eigenvalue weighted by Gasteiger charge is -2.22. The van der Waals surface area contributed by atoms with Gasteiger partial charge in [-0.3, -0.25) is 9.48 Å². The maximum Gasteiger partial charge on any atom is 0.342 e. The van der Waals surface area contributed by atoms with E-state index in [9.17, 15) is 9.59 Å². The van der Waals surface area contributed by atoms with Crippen molar-refractivity contribution in [1.82, 2.24) is 9.78 Å². The third-order valence-corrected chi connectivity index (χ3v) is 5.56. The molecule has 1 amide bonds. The molecular weight excluding hydrogens is 378 g/mol. The number of carbonyl (C=O) groups is 2. The molecule has 0 radical (unpaired) electrons. The minimum Gasteiger partial charge on any atom is -0.452 e. The van der Waals surface area contributed by atoms with Gasteiger partial charge in [0.15, 0.2) is 6.61 Å². The third-order valence-electron chi connectivity index (χ3n) is 5.56. The summed E-state index contributed by atoms with van der Waals surface area (Å²) in [6, 6.07) is 17.8. The van der Waals surface area contributed by atoms with E-state index in [2.05, 4.69) is 5.10 Å². The summed E-state index contributed by atoms with van der Waals surface area (Å²) < 4.78 is 7.20. The van der Waals surface area contributed by atoms with Crippen LogP contribution >= 0.6 is 0 Å². The van der Waals surface area contributed by atoms with E-state index in [-0.39, 0.29) is 18.6 Å². The number of aromatic nitrogens is 2.